The van der Waals surface area contributed by atoms with Crippen LogP contribution in [0.15, 0.2) is 35.5 Å². The van der Waals surface area contributed by atoms with Crippen molar-refractivity contribution < 1.29 is 23.5 Å². The normalized spacial score (nSPS) is 20.8. The van der Waals surface area contributed by atoms with Gasteiger partial charge in [-0.3, -0.25) is 9.69 Å². The molecule has 2 heterocycles. The fraction of sp³-hybridized carbons (Fsp3) is 0.450. The molecule has 1 aromatic rings. The average Bonchev–Trinajstić information content (AvgIpc) is 2.68. The van der Waals surface area contributed by atoms with E-state index in [1.807, 2.05) is 0 Å². The van der Waals surface area contributed by atoms with E-state index in [2.05, 4.69) is 15.5 Å². The third-order valence-electron chi connectivity index (χ3n) is 5.22. The number of nitrogens with zero attached hydrogens (tertiary/aromatic N) is 1. The number of nitrogens with two attached hydrogens (primary N) is 1. The Morgan fingerprint density at radius 2 is 1.90 bits per heavy atom. The van der Waals surface area contributed by atoms with Crippen LogP contribution in [0, 0.1) is 11.7 Å². The maximum absolute atomic E-state index is 13.3. The van der Waals surface area contributed by atoms with Gasteiger partial charge < -0.3 is 21.1 Å². The Labute approximate surface area is 168 Å². The molecule has 0 aromatic heterocycles. The Bertz CT molecular complexity index is 816. The molecule has 0 bridgehead atoms. The van der Waals surface area contributed by atoms with E-state index in [0.29, 0.717) is 43.7 Å². The topological polar surface area (TPSA) is 114 Å². The van der Waals surface area contributed by atoms with E-state index in [-0.39, 0.29) is 24.0 Å². The highest BCUT2D eigenvalue weighted by Crippen LogP contribution is 2.29. The number of carbonyl (C=O) groups excluding carboxylic acids is 3. The van der Waals surface area contributed by atoms with Gasteiger partial charge in [0.1, 0.15) is 5.82 Å². The van der Waals surface area contributed by atoms with Gasteiger partial charge in [-0.2, -0.15) is 0 Å². The maximum atomic E-state index is 13.3. The van der Waals surface area contributed by atoms with E-state index in [1.54, 1.807) is 6.92 Å². The molecule has 0 radical (unpaired) electrons. The van der Waals surface area contributed by atoms with Crippen molar-refractivity contribution in [1.29, 1.82) is 0 Å². The van der Waals surface area contributed by atoms with E-state index < -0.39 is 23.9 Å². The van der Waals surface area contributed by atoms with Gasteiger partial charge in [0.2, 0.25) is 5.91 Å². The van der Waals surface area contributed by atoms with Crippen molar-refractivity contribution in [3.63, 3.8) is 0 Å². The van der Waals surface area contributed by atoms with Gasteiger partial charge in [-0.15, -0.1) is 0 Å². The number of ether oxygens (including phenoxy) is 1. The summed E-state index contributed by atoms with van der Waals surface area (Å²) >= 11 is 0. The summed E-state index contributed by atoms with van der Waals surface area (Å²) in [5, 5.41) is 5.44. The predicted molar refractivity (Wildman–Crippen MR) is 103 cm³/mol. The van der Waals surface area contributed by atoms with Gasteiger partial charge >= 0.3 is 12.0 Å². The van der Waals surface area contributed by atoms with Crippen molar-refractivity contribution in [2.24, 2.45) is 11.7 Å². The zero-order valence-electron chi connectivity index (χ0n) is 16.2. The van der Waals surface area contributed by atoms with Crippen molar-refractivity contribution in [3.05, 3.63) is 46.9 Å². The lowest BCUT2D eigenvalue weighted by molar-refractivity contribution is -0.139. The molecule has 156 valence electrons. The Kier molecular flexibility index (Phi) is 6.48. The number of amides is 3. The van der Waals surface area contributed by atoms with E-state index in [0.717, 1.165) is 0 Å². The summed E-state index contributed by atoms with van der Waals surface area (Å²) in [4.78, 5) is 38.4. The molecule has 9 heteroatoms. The standard InChI is InChI=1S/C20H25FN4O4/c1-2-29-19(27)16-15(11-25-9-7-13(8-10-25)18(22)26)23-20(28)24-17(16)12-3-5-14(21)6-4-12/h3-6,13,17H,2,7-11H2,1H3,(H2,22,26)(H2,23,24,28). The summed E-state index contributed by atoms with van der Waals surface area (Å²) in [6.45, 7) is 3.46. The molecule has 4 N–H and O–H groups in total. The van der Waals surface area contributed by atoms with Gasteiger partial charge in [0.05, 0.1) is 18.2 Å². The van der Waals surface area contributed by atoms with Crippen molar-refractivity contribution >= 4 is 17.9 Å². The monoisotopic (exact) mass is 404 g/mol. The Morgan fingerprint density at radius 1 is 1.24 bits per heavy atom. The molecule has 2 aliphatic rings. The number of likely N-dealkylation sites (tertiary alicyclic amines) is 1. The SMILES string of the molecule is CCOC(=O)C1=C(CN2CCC(C(N)=O)CC2)NC(=O)NC1c1ccc(F)cc1. The second-order valence-electron chi connectivity index (χ2n) is 7.15. The number of piperidine rings is 1. The summed E-state index contributed by atoms with van der Waals surface area (Å²) in [7, 11) is 0. The first-order chi connectivity index (χ1) is 13.9. The quantitative estimate of drug-likeness (QED) is 0.617. The molecule has 1 atom stereocenters. The minimum atomic E-state index is -0.749. The molecule has 1 fully saturated rings. The Balaban J connectivity index is 1.89. The molecular weight excluding hydrogens is 379 g/mol. The van der Waals surface area contributed by atoms with Crippen molar-refractivity contribution in [2.75, 3.05) is 26.2 Å². The number of esters is 1. The summed E-state index contributed by atoms with van der Waals surface area (Å²) in [5.41, 5.74) is 6.69. The van der Waals surface area contributed by atoms with Crippen LogP contribution in [0.2, 0.25) is 0 Å². The fourth-order valence-electron chi connectivity index (χ4n) is 3.70. The van der Waals surface area contributed by atoms with Gasteiger partial charge in [0.25, 0.3) is 0 Å². The van der Waals surface area contributed by atoms with Crippen LogP contribution in [0.4, 0.5) is 9.18 Å². The third-order valence-corrected chi connectivity index (χ3v) is 5.22. The van der Waals surface area contributed by atoms with Crippen LogP contribution in [-0.4, -0.2) is 49.0 Å². The van der Waals surface area contributed by atoms with E-state index in [9.17, 15) is 18.8 Å². The third kappa shape index (κ3) is 4.92. The smallest absolute Gasteiger partial charge is 0.338 e. The van der Waals surface area contributed by atoms with Crippen LogP contribution >= 0.6 is 0 Å². The van der Waals surface area contributed by atoms with E-state index in [1.165, 1.54) is 24.3 Å². The number of nitrogens with one attached hydrogen (secondary N) is 2. The molecule has 0 aliphatic carbocycles. The van der Waals surface area contributed by atoms with Crippen LogP contribution in [-0.2, 0) is 14.3 Å². The lowest BCUT2D eigenvalue weighted by Gasteiger charge is -2.34. The maximum Gasteiger partial charge on any atom is 0.338 e. The Hall–Kier alpha value is -2.94. The first kappa shape index (κ1) is 20.8. The number of primary amides is 1. The van der Waals surface area contributed by atoms with Gasteiger partial charge in [-0.05, 0) is 50.6 Å². The highest BCUT2D eigenvalue weighted by molar-refractivity contribution is 5.95. The zero-order chi connectivity index (χ0) is 21.0. The number of benzene rings is 1. The van der Waals surface area contributed by atoms with Crippen LogP contribution in [0.1, 0.15) is 31.4 Å². The number of halogens is 1. The van der Waals surface area contributed by atoms with Crippen molar-refractivity contribution in [3.8, 4) is 0 Å². The number of urea groups is 1. The number of hydrogen-bond acceptors (Lipinski definition) is 5. The largest absolute Gasteiger partial charge is 0.463 e. The van der Waals surface area contributed by atoms with E-state index >= 15 is 0 Å². The highest BCUT2D eigenvalue weighted by atomic mass is 19.1. The van der Waals surface area contributed by atoms with Crippen LogP contribution in [0.3, 0.4) is 0 Å². The van der Waals surface area contributed by atoms with Gasteiger partial charge in [0, 0.05) is 18.2 Å². The molecule has 0 saturated carbocycles. The number of carbonyl (C=O) groups is 3. The summed E-state index contributed by atoms with van der Waals surface area (Å²) in [5.74, 6) is -1.41. The molecule has 8 nitrogen and oxygen atoms in total. The second kappa shape index (κ2) is 9.04. The van der Waals surface area contributed by atoms with Crippen LogP contribution in [0.5, 0.6) is 0 Å². The molecule has 29 heavy (non-hydrogen) atoms. The van der Waals surface area contributed by atoms with Crippen LogP contribution in [0.25, 0.3) is 0 Å². The first-order valence-corrected chi connectivity index (χ1v) is 9.63. The molecule has 3 rings (SSSR count). The zero-order valence-corrected chi connectivity index (χ0v) is 16.2. The van der Waals surface area contributed by atoms with Gasteiger partial charge in [-0.1, -0.05) is 12.1 Å². The summed E-state index contributed by atoms with van der Waals surface area (Å²) < 4.78 is 18.6. The molecule has 1 aromatic carbocycles. The average molecular weight is 404 g/mol. The fourth-order valence-corrected chi connectivity index (χ4v) is 3.70. The lowest BCUT2D eigenvalue weighted by Crippen LogP contribution is -2.49. The molecule has 3 amide bonds. The highest BCUT2D eigenvalue weighted by Gasteiger charge is 2.35. The Morgan fingerprint density at radius 3 is 2.48 bits per heavy atom. The number of hydrogen-bond donors (Lipinski definition) is 3. The molecular formula is C20H25FN4O4. The summed E-state index contributed by atoms with van der Waals surface area (Å²) in [6.07, 6.45) is 1.26. The minimum Gasteiger partial charge on any atom is -0.463 e. The van der Waals surface area contributed by atoms with Gasteiger partial charge in [-0.25, -0.2) is 14.0 Å². The molecule has 0 spiro atoms. The minimum absolute atomic E-state index is 0.153. The van der Waals surface area contributed by atoms with E-state index in [4.69, 9.17) is 10.5 Å². The molecule has 2 aliphatic heterocycles. The van der Waals surface area contributed by atoms with Gasteiger partial charge in [0.15, 0.2) is 0 Å². The molecule has 1 saturated heterocycles. The van der Waals surface area contributed by atoms with Crippen molar-refractivity contribution in [1.82, 2.24) is 15.5 Å². The first-order valence-electron chi connectivity index (χ1n) is 9.63. The van der Waals surface area contributed by atoms with Crippen molar-refractivity contribution in [2.45, 2.75) is 25.8 Å². The molecule has 1 unspecified atom stereocenters. The second-order valence-corrected chi connectivity index (χ2v) is 7.15. The van der Waals surface area contributed by atoms with Crippen LogP contribution < -0.4 is 16.4 Å². The number of rotatable bonds is 6. The lowest BCUT2D eigenvalue weighted by atomic mass is 9.93. The summed E-state index contributed by atoms with van der Waals surface area (Å²) in [6, 6.07) is 4.42. The predicted octanol–water partition coefficient (Wildman–Crippen LogP) is 1.19.